The standard InChI is InChI=1S/C26H33N3O4/c1-32-23-11-10-19(16-24(23)33-2)12-15-29-18-20(17-25(29)30)26(31)27-21-8-4-5-9-22(21)28-13-6-3-7-14-28/h4-5,8-11,16,20H,3,6-7,12-15,17-18H2,1-2H3,(H,27,31)/t20-/m1/s1. The van der Waals surface area contributed by atoms with Crippen molar-refractivity contribution >= 4 is 23.2 Å². The molecule has 7 heteroatoms. The molecule has 7 nitrogen and oxygen atoms in total. The van der Waals surface area contributed by atoms with Gasteiger partial charge in [-0.15, -0.1) is 0 Å². The van der Waals surface area contributed by atoms with Crippen molar-refractivity contribution in [2.75, 3.05) is 50.6 Å². The molecular weight excluding hydrogens is 418 g/mol. The summed E-state index contributed by atoms with van der Waals surface area (Å²) in [7, 11) is 3.22. The monoisotopic (exact) mass is 451 g/mol. The summed E-state index contributed by atoms with van der Waals surface area (Å²) >= 11 is 0. The van der Waals surface area contributed by atoms with E-state index in [2.05, 4.69) is 16.3 Å². The van der Waals surface area contributed by atoms with Crippen LogP contribution >= 0.6 is 0 Å². The number of likely N-dealkylation sites (tertiary alicyclic amines) is 1. The topological polar surface area (TPSA) is 71.1 Å². The smallest absolute Gasteiger partial charge is 0.229 e. The van der Waals surface area contributed by atoms with Crippen LogP contribution in [0.4, 0.5) is 11.4 Å². The Labute approximate surface area is 195 Å². The maximum Gasteiger partial charge on any atom is 0.229 e. The number of nitrogens with zero attached hydrogens (tertiary/aromatic N) is 2. The lowest BCUT2D eigenvalue weighted by atomic mass is 10.1. The number of benzene rings is 2. The highest BCUT2D eigenvalue weighted by atomic mass is 16.5. The van der Waals surface area contributed by atoms with E-state index in [0.29, 0.717) is 31.0 Å². The lowest BCUT2D eigenvalue weighted by Gasteiger charge is -2.30. The van der Waals surface area contributed by atoms with Crippen LogP contribution in [-0.4, -0.2) is 57.1 Å². The average molecular weight is 452 g/mol. The molecule has 0 spiro atoms. The fraction of sp³-hybridized carbons (Fsp3) is 0.462. The third-order valence-corrected chi connectivity index (χ3v) is 6.56. The average Bonchev–Trinajstić information content (AvgIpc) is 3.24. The Morgan fingerprint density at radius 1 is 1.03 bits per heavy atom. The van der Waals surface area contributed by atoms with Gasteiger partial charge in [0.2, 0.25) is 11.8 Å². The van der Waals surface area contributed by atoms with Crippen molar-refractivity contribution in [3.8, 4) is 11.5 Å². The first-order valence-electron chi connectivity index (χ1n) is 11.7. The summed E-state index contributed by atoms with van der Waals surface area (Å²) in [5.41, 5.74) is 2.96. The lowest BCUT2D eigenvalue weighted by molar-refractivity contribution is -0.128. The Morgan fingerprint density at radius 3 is 2.55 bits per heavy atom. The molecule has 2 fully saturated rings. The molecule has 0 aliphatic carbocycles. The highest BCUT2D eigenvalue weighted by Crippen LogP contribution is 2.30. The summed E-state index contributed by atoms with van der Waals surface area (Å²) in [5.74, 6) is 0.964. The highest BCUT2D eigenvalue weighted by Gasteiger charge is 2.34. The fourth-order valence-corrected chi connectivity index (χ4v) is 4.69. The number of para-hydroxylation sites is 2. The fourth-order valence-electron chi connectivity index (χ4n) is 4.69. The highest BCUT2D eigenvalue weighted by molar-refractivity contribution is 5.99. The van der Waals surface area contributed by atoms with Gasteiger partial charge in [-0.25, -0.2) is 0 Å². The van der Waals surface area contributed by atoms with Crippen molar-refractivity contribution in [2.45, 2.75) is 32.1 Å². The maximum absolute atomic E-state index is 13.0. The number of ether oxygens (including phenoxy) is 2. The number of rotatable bonds is 8. The molecule has 4 rings (SSSR count). The first-order chi connectivity index (χ1) is 16.1. The Hall–Kier alpha value is -3.22. The minimum Gasteiger partial charge on any atom is -0.493 e. The summed E-state index contributed by atoms with van der Waals surface area (Å²) in [6.07, 6.45) is 4.55. The molecule has 0 bridgehead atoms. The lowest BCUT2D eigenvalue weighted by Crippen LogP contribution is -2.32. The van der Waals surface area contributed by atoms with Gasteiger partial charge < -0.3 is 24.6 Å². The van der Waals surface area contributed by atoms with E-state index in [4.69, 9.17) is 9.47 Å². The number of nitrogens with one attached hydrogen (secondary N) is 1. The minimum atomic E-state index is -0.336. The van der Waals surface area contributed by atoms with Crippen molar-refractivity contribution < 1.29 is 19.1 Å². The van der Waals surface area contributed by atoms with Gasteiger partial charge in [0.05, 0.1) is 31.5 Å². The molecule has 0 unspecified atom stereocenters. The second-order valence-electron chi connectivity index (χ2n) is 8.73. The summed E-state index contributed by atoms with van der Waals surface area (Å²) < 4.78 is 10.7. The van der Waals surface area contributed by atoms with Gasteiger partial charge in [0.15, 0.2) is 11.5 Å². The van der Waals surface area contributed by atoms with Crippen LogP contribution in [0.5, 0.6) is 11.5 Å². The first kappa shape index (κ1) is 23.0. The Bertz CT molecular complexity index is 987. The number of carbonyl (C=O) groups excluding carboxylic acids is 2. The van der Waals surface area contributed by atoms with E-state index in [0.717, 1.165) is 30.0 Å². The molecule has 2 amide bonds. The molecule has 0 saturated carbocycles. The Balaban J connectivity index is 1.35. The Kier molecular flexibility index (Phi) is 7.37. The van der Waals surface area contributed by atoms with E-state index < -0.39 is 0 Å². The summed E-state index contributed by atoms with van der Waals surface area (Å²) in [6.45, 7) is 3.05. The molecule has 2 aliphatic heterocycles. The van der Waals surface area contributed by atoms with E-state index in [1.54, 1.807) is 19.1 Å². The molecule has 33 heavy (non-hydrogen) atoms. The number of hydrogen-bond acceptors (Lipinski definition) is 5. The number of hydrogen-bond donors (Lipinski definition) is 1. The van der Waals surface area contributed by atoms with Crippen LogP contribution < -0.4 is 19.7 Å². The van der Waals surface area contributed by atoms with E-state index in [1.165, 1.54) is 19.3 Å². The van der Waals surface area contributed by atoms with E-state index in [1.807, 2.05) is 36.4 Å². The predicted octanol–water partition coefficient (Wildman–Crippen LogP) is 3.72. The molecule has 2 aliphatic rings. The zero-order valence-electron chi connectivity index (χ0n) is 19.5. The molecule has 2 heterocycles. The molecule has 2 aromatic rings. The van der Waals surface area contributed by atoms with Crippen molar-refractivity contribution in [1.82, 2.24) is 4.90 Å². The minimum absolute atomic E-state index is 0.0277. The maximum atomic E-state index is 13.0. The molecule has 1 atom stereocenters. The van der Waals surface area contributed by atoms with E-state index in [-0.39, 0.29) is 24.2 Å². The predicted molar refractivity (Wildman–Crippen MR) is 129 cm³/mol. The largest absolute Gasteiger partial charge is 0.493 e. The third kappa shape index (κ3) is 5.41. The van der Waals surface area contributed by atoms with Gasteiger partial charge in [-0.1, -0.05) is 18.2 Å². The molecule has 0 aromatic heterocycles. The Morgan fingerprint density at radius 2 is 1.79 bits per heavy atom. The summed E-state index contributed by atoms with van der Waals surface area (Å²) in [6, 6.07) is 13.7. The van der Waals surface area contributed by atoms with Crippen LogP contribution in [0.2, 0.25) is 0 Å². The van der Waals surface area contributed by atoms with Crippen LogP contribution in [0.1, 0.15) is 31.2 Å². The summed E-state index contributed by atoms with van der Waals surface area (Å²) in [4.78, 5) is 29.8. The van der Waals surface area contributed by atoms with Gasteiger partial charge in [0, 0.05) is 32.6 Å². The van der Waals surface area contributed by atoms with Gasteiger partial charge >= 0.3 is 0 Å². The zero-order chi connectivity index (χ0) is 23.2. The van der Waals surface area contributed by atoms with Crippen LogP contribution in [0.15, 0.2) is 42.5 Å². The van der Waals surface area contributed by atoms with Crippen molar-refractivity contribution in [2.24, 2.45) is 5.92 Å². The molecule has 0 radical (unpaired) electrons. The molecular formula is C26H33N3O4. The van der Waals surface area contributed by atoms with Crippen LogP contribution in [0, 0.1) is 5.92 Å². The van der Waals surface area contributed by atoms with Gasteiger partial charge in [-0.2, -0.15) is 0 Å². The number of methoxy groups -OCH3 is 2. The molecule has 176 valence electrons. The van der Waals surface area contributed by atoms with Gasteiger partial charge in [0.25, 0.3) is 0 Å². The van der Waals surface area contributed by atoms with E-state index in [9.17, 15) is 9.59 Å². The van der Waals surface area contributed by atoms with E-state index >= 15 is 0 Å². The number of carbonyl (C=O) groups is 2. The molecule has 2 saturated heterocycles. The normalized spacial score (nSPS) is 18.4. The summed E-state index contributed by atoms with van der Waals surface area (Å²) in [5, 5.41) is 3.10. The third-order valence-electron chi connectivity index (χ3n) is 6.56. The van der Waals surface area contributed by atoms with Gasteiger partial charge in [0.1, 0.15) is 0 Å². The van der Waals surface area contributed by atoms with Gasteiger partial charge in [-0.05, 0) is 55.5 Å². The van der Waals surface area contributed by atoms with Crippen LogP contribution in [-0.2, 0) is 16.0 Å². The number of anilines is 2. The zero-order valence-corrected chi connectivity index (χ0v) is 19.5. The quantitative estimate of drug-likeness (QED) is 0.662. The first-order valence-corrected chi connectivity index (χ1v) is 11.7. The molecule has 1 N–H and O–H groups in total. The van der Waals surface area contributed by atoms with Crippen molar-refractivity contribution in [3.63, 3.8) is 0 Å². The van der Waals surface area contributed by atoms with Crippen LogP contribution in [0.3, 0.4) is 0 Å². The SMILES string of the molecule is COc1ccc(CCN2C[C@H](C(=O)Nc3ccccc3N3CCCCC3)CC2=O)cc1OC. The second kappa shape index (κ2) is 10.6. The van der Waals surface area contributed by atoms with Crippen molar-refractivity contribution in [1.29, 1.82) is 0 Å². The second-order valence-corrected chi connectivity index (χ2v) is 8.73. The number of amides is 2. The van der Waals surface area contributed by atoms with Crippen molar-refractivity contribution in [3.05, 3.63) is 48.0 Å². The van der Waals surface area contributed by atoms with Gasteiger partial charge in [-0.3, -0.25) is 9.59 Å². The molecule has 2 aromatic carbocycles. The number of piperidine rings is 1. The van der Waals surface area contributed by atoms with Crippen LogP contribution in [0.25, 0.3) is 0 Å².